The zero-order chi connectivity index (χ0) is 9.84. The Hall–Kier alpha value is -1.10. The first kappa shape index (κ1) is 9.98. The summed E-state index contributed by atoms with van der Waals surface area (Å²) in [5.41, 5.74) is 0. The Morgan fingerprint density at radius 1 is 1.54 bits per heavy atom. The maximum absolute atomic E-state index is 11.3. The maximum Gasteiger partial charge on any atom is 0.323 e. The van der Waals surface area contributed by atoms with E-state index in [4.69, 9.17) is 5.11 Å². The average Bonchev–Trinajstić information content (AvgIpc) is 2.19. The molecule has 1 amide bonds. The number of aliphatic carboxylic acids is 1. The van der Waals surface area contributed by atoms with E-state index in [9.17, 15) is 14.7 Å². The third kappa shape index (κ3) is 2.69. The summed E-state index contributed by atoms with van der Waals surface area (Å²) in [6.07, 6.45) is 0.954. The van der Waals surface area contributed by atoms with Crippen LogP contribution in [0.1, 0.15) is 19.3 Å². The van der Waals surface area contributed by atoms with Crippen LogP contribution < -0.4 is 0 Å². The van der Waals surface area contributed by atoms with Gasteiger partial charge in [0.15, 0.2) is 0 Å². The van der Waals surface area contributed by atoms with E-state index in [1.165, 1.54) is 4.90 Å². The van der Waals surface area contributed by atoms with Crippen molar-refractivity contribution >= 4 is 11.9 Å². The van der Waals surface area contributed by atoms with Crippen LogP contribution >= 0.6 is 0 Å². The monoisotopic (exact) mass is 187 g/mol. The zero-order valence-electron chi connectivity index (χ0n) is 7.27. The summed E-state index contributed by atoms with van der Waals surface area (Å²) in [6.45, 7) is 0.123. The van der Waals surface area contributed by atoms with E-state index in [0.29, 0.717) is 13.0 Å². The van der Waals surface area contributed by atoms with Crippen LogP contribution in [-0.4, -0.2) is 46.2 Å². The summed E-state index contributed by atoms with van der Waals surface area (Å²) < 4.78 is 0. The van der Waals surface area contributed by atoms with Crippen molar-refractivity contribution in [1.82, 2.24) is 4.90 Å². The molecule has 0 aromatic heterocycles. The van der Waals surface area contributed by atoms with Crippen molar-refractivity contribution in [2.45, 2.75) is 25.4 Å². The van der Waals surface area contributed by atoms with Crippen LogP contribution in [0.3, 0.4) is 0 Å². The Kier molecular flexibility index (Phi) is 3.25. The van der Waals surface area contributed by atoms with Crippen LogP contribution in [0.4, 0.5) is 0 Å². The molecule has 5 nitrogen and oxygen atoms in total. The lowest BCUT2D eigenvalue weighted by molar-refractivity contribution is -0.148. The number of rotatable bonds is 2. The van der Waals surface area contributed by atoms with Gasteiger partial charge < -0.3 is 15.1 Å². The van der Waals surface area contributed by atoms with E-state index in [-0.39, 0.29) is 6.54 Å². The van der Waals surface area contributed by atoms with E-state index in [1.807, 2.05) is 0 Å². The lowest BCUT2D eigenvalue weighted by Crippen LogP contribution is -2.40. The summed E-state index contributed by atoms with van der Waals surface area (Å²) in [5.74, 6) is -1.50. The molecule has 1 heterocycles. The molecule has 1 fully saturated rings. The molecule has 0 aliphatic carbocycles. The number of likely N-dealkylation sites (tertiary alicyclic amines) is 1. The SMILES string of the molecule is O=C(O)CN1CCCC[C@@H](O)C1=O. The molecule has 0 radical (unpaired) electrons. The second kappa shape index (κ2) is 4.23. The number of hydrogen-bond donors (Lipinski definition) is 2. The zero-order valence-corrected chi connectivity index (χ0v) is 7.27. The van der Waals surface area contributed by atoms with E-state index in [1.54, 1.807) is 0 Å². The second-order valence-electron chi connectivity index (χ2n) is 3.17. The molecule has 1 aliphatic rings. The lowest BCUT2D eigenvalue weighted by atomic mass is 10.2. The largest absolute Gasteiger partial charge is 0.480 e. The minimum atomic E-state index is -1.04. The van der Waals surface area contributed by atoms with Gasteiger partial charge in [0.2, 0.25) is 0 Å². The Bertz CT molecular complexity index is 216. The minimum Gasteiger partial charge on any atom is -0.480 e. The Balaban J connectivity index is 2.59. The highest BCUT2D eigenvalue weighted by Gasteiger charge is 2.25. The van der Waals surface area contributed by atoms with Gasteiger partial charge in [0.25, 0.3) is 5.91 Å². The molecule has 1 aliphatic heterocycles. The number of carboxylic acids is 1. The van der Waals surface area contributed by atoms with Gasteiger partial charge >= 0.3 is 5.97 Å². The van der Waals surface area contributed by atoms with Crippen molar-refractivity contribution < 1.29 is 19.8 Å². The van der Waals surface area contributed by atoms with Gasteiger partial charge in [-0.1, -0.05) is 0 Å². The number of aliphatic hydroxyl groups excluding tert-OH is 1. The minimum absolute atomic E-state index is 0.310. The Morgan fingerprint density at radius 3 is 2.85 bits per heavy atom. The number of hydrogen-bond acceptors (Lipinski definition) is 3. The molecule has 0 unspecified atom stereocenters. The molecule has 0 aromatic rings. The van der Waals surface area contributed by atoms with Gasteiger partial charge in [0.1, 0.15) is 12.6 Å². The molecule has 74 valence electrons. The van der Waals surface area contributed by atoms with E-state index >= 15 is 0 Å². The van der Waals surface area contributed by atoms with Gasteiger partial charge in [-0.15, -0.1) is 0 Å². The van der Waals surface area contributed by atoms with Gasteiger partial charge in [-0.2, -0.15) is 0 Å². The number of carbonyl (C=O) groups excluding carboxylic acids is 1. The number of carbonyl (C=O) groups is 2. The van der Waals surface area contributed by atoms with Crippen molar-refractivity contribution in [3.8, 4) is 0 Å². The van der Waals surface area contributed by atoms with E-state index in [2.05, 4.69) is 0 Å². The fourth-order valence-electron chi connectivity index (χ4n) is 1.41. The summed E-state index contributed by atoms with van der Waals surface area (Å²) in [5, 5.41) is 17.7. The normalized spacial score (nSPS) is 24.2. The molecule has 5 heteroatoms. The first-order chi connectivity index (χ1) is 6.11. The summed E-state index contributed by atoms with van der Waals surface area (Å²) in [7, 11) is 0. The van der Waals surface area contributed by atoms with E-state index in [0.717, 1.165) is 12.8 Å². The van der Waals surface area contributed by atoms with Crippen molar-refractivity contribution in [2.75, 3.05) is 13.1 Å². The number of aliphatic hydroxyl groups is 1. The topological polar surface area (TPSA) is 77.8 Å². The van der Waals surface area contributed by atoms with Crippen molar-refractivity contribution in [1.29, 1.82) is 0 Å². The van der Waals surface area contributed by atoms with Crippen molar-refractivity contribution in [2.24, 2.45) is 0 Å². The van der Waals surface area contributed by atoms with Crippen molar-refractivity contribution in [3.05, 3.63) is 0 Å². The molecule has 2 N–H and O–H groups in total. The summed E-state index contributed by atoms with van der Waals surface area (Å²) in [6, 6.07) is 0. The Morgan fingerprint density at radius 2 is 2.23 bits per heavy atom. The fourth-order valence-corrected chi connectivity index (χ4v) is 1.41. The third-order valence-electron chi connectivity index (χ3n) is 2.08. The molecule has 1 rings (SSSR count). The first-order valence-corrected chi connectivity index (χ1v) is 4.30. The first-order valence-electron chi connectivity index (χ1n) is 4.30. The number of amides is 1. The van der Waals surface area contributed by atoms with Gasteiger partial charge in [0.05, 0.1) is 0 Å². The molecule has 13 heavy (non-hydrogen) atoms. The molecule has 0 spiro atoms. The molecule has 1 atom stereocenters. The maximum atomic E-state index is 11.3. The molecular weight excluding hydrogens is 174 g/mol. The predicted octanol–water partition coefficient (Wildman–Crippen LogP) is -0.556. The molecule has 1 saturated heterocycles. The van der Waals surface area contributed by atoms with E-state index < -0.39 is 18.0 Å². The standard InChI is InChI=1S/C8H13NO4/c10-6-3-1-2-4-9(8(6)13)5-7(11)12/h6,10H,1-5H2,(H,11,12)/t6-/m1/s1. The predicted molar refractivity (Wildman–Crippen MR) is 44.1 cm³/mol. The second-order valence-corrected chi connectivity index (χ2v) is 3.17. The highest BCUT2D eigenvalue weighted by Crippen LogP contribution is 2.11. The van der Waals surface area contributed by atoms with Crippen LogP contribution in [-0.2, 0) is 9.59 Å². The smallest absolute Gasteiger partial charge is 0.323 e. The van der Waals surface area contributed by atoms with Crippen LogP contribution in [0.5, 0.6) is 0 Å². The molecular formula is C8H13NO4. The average molecular weight is 187 g/mol. The lowest BCUT2D eigenvalue weighted by Gasteiger charge is -2.19. The highest BCUT2D eigenvalue weighted by molar-refractivity contribution is 5.84. The fraction of sp³-hybridized carbons (Fsp3) is 0.750. The van der Waals surface area contributed by atoms with Gasteiger partial charge in [-0.25, -0.2) is 0 Å². The van der Waals surface area contributed by atoms with Crippen LogP contribution in [0.25, 0.3) is 0 Å². The van der Waals surface area contributed by atoms with Crippen molar-refractivity contribution in [3.63, 3.8) is 0 Å². The third-order valence-corrected chi connectivity index (χ3v) is 2.08. The molecule has 0 saturated carbocycles. The summed E-state index contributed by atoms with van der Waals surface area (Å²) >= 11 is 0. The Labute approximate surface area is 76.0 Å². The number of nitrogens with zero attached hydrogens (tertiary/aromatic N) is 1. The summed E-state index contributed by atoms with van der Waals surface area (Å²) in [4.78, 5) is 22.8. The van der Waals surface area contributed by atoms with Gasteiger partial charge in [-0.3, -0.25) is 9.59 Å². The molecule has 0 aromatic carbocycles. The number of carboxylic acid groups (broad SMARTS) is 1. The van der Waals surface area contributed by atoms with Crippen LogP contribution in [0.2, 0.25) is 0 Å². The van der Waals surface area contributed by atoms with Crippen LogP contribution in [0, 0.1) is 0 Å². The quantitative estimate of drug-likeness (QED) is 0.607. The van der Waals surface area contributed by atoms with Gasteiger partial charge in [-0.05, 0) is 19.3 Å². The van der Waals surface area contributed by atoms with Gasteiger partial charge in [0, 0.05) is 6.54 Å². The highest BCUT2D eigenvalue weighted by atomic mass is 16.4. The van der Waals surface area contributed by atoms with Crippen LogP contribution in [0.15, 0.2) is 0 Å². The molecule has 0 bridgehead atoms.